The summed E-state index contributed by atoms with van der Waals surface area (Å²) in [7, 11) is 0. The van der Waals surface area contributed by atoms with Gasteiger partial charge in [-0.05, 0) is 49.2 Å². The molecule has 2 aromatic rings. The van der Waals surface area contributed by atoms with Gasteiger partial charge in [-0.2, -0.15) is 0 Å². The first kappa shape index (κ1) is 14.8. The Morgan fingerprint density at radius 2 is 2.14 bits per heavy atom. The Morgan fingerprint density at radius 1 is 1.33 bits per heavy atom. The Balaban J connectivity index is 2.08. The van der Waals surface area contributed by atoms with E-state index in [4.69, 9.17) is 5.73 Å². The van der Waals surface area contributed by atoms with Crippen molar-refractivity contribution in [1.29, 1.82) is 0 Å². The number of carbonyl (C=O) groups is 1. The molecule has 1 amide bonds. The number of aryl methyl sites for hydroxylation is 1. The highest BCUT2D eigenvalue weighted by molar-refractivity contribution is 5.96. The highest BCUT2D eigenvalue weighted by Crippen LogP contribution is 2.21. The molecule has 0 fully saturated rings. The first-order chi connectivity index (χ1) is 10.1. The predicted molar refractivity (Wildman–Crippen MR) is 85.2 cm³/mol. The van der Waals surface area contributed by atoms with Crippen LogP contribution < -0.4 is 16.4 Å². The van der Waals surface area contributed by atoms with Crippen LogP contribution in [0.4, 0.5) is 11.4 Å². The molecule has 0 saturated heterocycles. The number of hydrogen-bond donors (Lipinski definition) is 3. The SMILES string of the molecule is CCNC(=O)c1ccc(NCc2ccncc2C)c(N)c1. The Morgan fingerprint density at radius 3 is 2.81 bits per heavy atom. The minimum absolute atomic E-state index is 0.110. The summed E-state index contributed by atoms with van der Waals surface area (Å²) in [5.41, 5.74) is 10.2. The van der Waals surface area contributed by atoms with Crippen LogP contribution in [0, 0.1) is 6.92 Å². The highest BCUT2D eigenvalue weighted by Gasteiger charge is 2.07. The molecule has 0 aliphatic carbocycles. The van der Waals surface area contributed by atoms with Crippen molar-refractivity contribution in [3.05, 3.63) is 53.3 Å². The van der Waals surface area contributed by atoms with Gasteiger partial charge in [0.2, 0.25) is 0 Å². The molecule has 4 N–H and O–H groups in total. The Hall–Kier alpha value is -2.56. The molecular weight excluding hydrogens is 264 g/mol. The van der Waals surface area contributed by atoms with E-state index in [1.54, 1.807) is 18.3 Å². The molecule has 110 valence electrons. The normalized spacial score (nSPS) is 10.2. The van der Waals surface area contributed by atoms with Crippen LogP contribution in [0.3, 0.4) is 0 Å². The van der Waals surface area contributed by atoms with E-state index in [0.29, 0.717) is 24.3 Å². The summed E-state index contributed by atoms with van der Waals surface area (Å²) in [5, 5.41) is 6.04. The number of nitrogens with one attached hydrogen (secondary N) is 2. The maximum atomic E-state index is 11.7. The van der Waals surface area contributed by atoms with E-state index in [1.165, 1.54) is 0 Å². The summed E-state index contributed by atoms with van der Waals surface area (Å²) in [6, 6.07) is 7.26. The third kappa shape index (κ3) is 3.72. The fourth-order valence-corrected chi connectivity index (χ4v) is 2.02. The number of aromatic nitrogens is 1. The zero-order valence-electron chi connectivity index (χ0n) is 12.3. The van der Waals surface area contributed by atoms with Crippen LogP contribution in [0.1, 0.15) is 28.4 Å². The van der Waals surface area contributed by atoms with Gasteiger partial charge < -0.3 is 16.4 Å². The standard InChI is InChI=1S/C16H20N4O/c1-3-19-16(21)12-4-5-15(14(17)8-12)20-10-13-6-7-18-9-11(13)2/h4-9,20H,3,10,17H2,1-2H3,(H,19,21). The monoisotopic (exact) mass is 284 g/mol. The second-order valence-corrected chi connectivity index (χ2v) is 4.82. The van der Waals surface area contributed by atoms with Gasteiger partial charge in [-0.15, -0.1) is 0 Å². The van der Waals surface area contributed by atoms with Crippen molar-refractivity contribution < 1.29 is 4.79 Å². The molecule has 0 bridgehead atoms. The minimum atomic E-state index is -0.110. The van der Waals surface area contributed by atoms with Gasteiger partial charge in [0.15, 0.2) is 0 Å². The number of nitrogens with zero attached hydrogens (tertiary/aromatic N) is 1. The average Bonchev–Trinajstić information content (AvgIpc) is 2.47. The van der Waals surface area contributed by atoms with Crippen molar-refractivity contribution in [3.8, 4) is 0 Å². The quantitative estimate of drug-likeness (QED) is 0.736. The Kier molecular flexibility index (Phi) is 4.77. The van der Waals surface area contributed by atoms with Gasteiger partial charge in [-0.25, -0.2) is 0 Å². The van der Waals surface area contributed by atoms with E-state index in [-0.39, 0.29) is 5.91 Å². The topological polar surface area (TPSA) is 80.0 Å². The fourth-order valence-electron chi connectivity index (χ4n) is 2.02. The minimum Gasteiger partial charge on any atom is -0.397 e. The van der Waals surface area contributed by atoms with Crippen molar-refractivity contribution >= 4 is 17.3 Å². The molecule has 0 unspecified atom stereocenters. The Labute approximate surface area is 124 Å². The molecule has 1 heterocycles. The molecule has 0 saturated carbocycles. The first-order valence-electron chi connectivity index (χ1n) is 6.93. The number of amides is 1. The predicted octanol–water partition coefficient (Wildman–Crippen LogP) is 2.33. The van der Waals surface area contributed by atoms with Crippen LogP contribution >= 0.6 is 0 Å². The summed E-state index contributed by atoms with van der Waals surface area (Å²) < 4.78 is 0. The number of nitrogens with two attached hydrogens (primary N) is 1. The molecule has 0 radical (unpaired) electrons. The van der Waals surface area contributed by atoms with Gasteiger partial charge in [-0.3, -0.25) is 9.78 Å². The van der Waals surface area contributed by atoms with E-state index in [9.17, 15) is 4.79 Å². The summed E-state index contributed by atoms with van der Waals surface area (Å²) in [4.78, 5) is 15.8. The summed E-state index contributed by atoms with van der Waals surface area (Å²) in [6.45, 7) is 5.17. The summed E-state index contributed by atoms with van der Waals surface area (Å²) in [5.74, 6) is -0.110. The molecule has 2 rings (SSSR count). The van der Waals surface area contributed by atoms with Gasteiger partial charge >= 0.3 is 0 Å². The highest BCUT2D eigenvalue weighted by atomic mass is 16.1. The lowest BCUT2D eigenvalue weighted by Gasteiger charge is -2.12. The number of nitrogen functional groups attached to an aromatic ring is 1. The van der Waals surface area contributed by atoms with Gasteiger partial charge in [0.05, 0.1) is 11.4 Å². The van der Waals surface area contributed by atoms with Gasteiger partial charge in [0, 0.05) is 31.0 Å². The fraction of sp³-hybridized carbons (Fsp3) is 0.250. The van der Waals surface area contributed by atoms with Gasteiger partial charge in [0.1, 0.15) is 0 Å². The molecule has 1 aromatic heterocycles. The molecule has 0 atom stereocenters. The third-order valence-electron chi connectivity index (χ3n) is 3.26. The lowest BCUT2D eigenvalue weighted by molar-refractivity contribution is 0.0956. The number of benzene rings is 1. The molecule has 5 heteroatoms. The van der Waals surface area contributed by atoms with Crippen LogP contribution in [-0.4, -0.2) is 17.4 Å². The second kappa shape index (κ2) is 6.74. The molecule has 0 aliphatic heterocycles. The van der Waals surface area contributed by atoms with Crippen LogP contribution in [-0.2, 0) is 6.54 Å². The van der Waals surface area contributed by atoms with Gasteiger partial charge in [0.25, 0.3) is 5.91 Å². The maximum Gasteiger partial charge on any atom is 0.251 e. The number of carbonyl (C=O) groups excluding carboxylic acids is 1. The number of rotatable bonds is 5. The Bertz CT molecular complexity index is 640. The van der Waals surface area contributed by atoms with E-state index in [2.05, 4.69) is 15.6 Å². The van der Waals surface area contributed by atoms with Crippen molar-refractivity contribution in [2.75, 3.05) is 17.6 Å². The lowest BCUT2D eigenvalue weighted by Crippen LogP contribution is -2.22. The number of anilines is 2. The number of pyridine rings is 1. The van der Waals surface area contributed by atoms with E-state index >= 15 is 0 Å². The van der Waals surface area contributed by atoms with Gasteiger partial charge in [-0.1, -0.05) is 0 Å². The molecule has 0 spiro atoms. The van der Waals surface area contributed by atoms with Crippen molar-refractivity contribution in [1.82, 2.24) is 10.3 Å². The van der Waals surface area contributed by atoms with Crippen molar-refractivity contribution in [2.45, 2.75) is 20.4 Å². The zero-order valence-corrected chi connectivity index (χ0v) is 12.3. The molecule has 0 aliphatic rings. The van der Waals surface area contributed by atoms with E-state index in [1.807, 2.05) is 32.2 Å². The van der Waals surface area contributed by atoms with E-state index < -0.39 is 0 Å². The smallest absolute Gasteiger partial charge is 0.251 e. The molecule has 5 nitrogen and oxygen atoms in total. The van der Waals surface area contributed by atoms with Crippen LogP contribution in [0.2, 0.25) is 0 Å². The first-order valence-corrected chi connectivity index (χ1v) is 6.93. The number of hydrogen-bond acceptors (Lipinski definition) is 4. The lowest BCUT2D eigenvalue weighted by atomic mass is 10.1. The zero-order chi connectivity index (χ0) is 15.2. The van der Waals surface area contributed by atoms with Crippen molar-refractivity contribution in [3.63, 3.8) is 0 Å². The maximum absolute atomic E-state index is 11.7. The van der Waals surface area contributed by atoms with Crippen LogP contribution in [0.15, 0.2) is 36.7 Å². The van der Waals surface area contributed by atoms with Crippen LogP contribution in [0.5, 0.6) is 0 Å². The molecular formula is C16H20N4O. The van der Waals surface area contributed by atoms with Crippen LogP contribution in [0.25, 0.3) is 0 Å². The largest absolute Gasteiger partial charge is 0.397 e. The molecule has 21 heavy (non-hydrogen) atoms. The summed E-state index contributed by atoms with van der Waals surface area (Å²) in [6.07, 6.45) is 3.60. The second-order valence-electron chi connectivity index (χ2n) is 4.82. The van der Waals surface area contributed by atoms with E-state index in [0.717, 1.165) is 16.8 Å². The average molecular weight is 284 g/mol. The molecule has 1 aromatic carbocycles. The van der Waals surface area contributed by atoms with Crippen molar-refractivity contribution in [2.24, 2.45) is 0 Å². The third-order valence-corrected chi connectivity index (χ3v) is 3.26. The summed E-state index contributed by atoms with van der Waals surface area (Å²) >= 11 is 0.